The third kappa shape index (κ3) is 3.05. The van der Waals surface area contributed by atoms with E-state index in [2.05, 4.69) is 23.3 Å². The monoisotopic (exact) mass is 188 g/mol. The van der Waals surface area contributed by atoms with Gasteiger partial charge < -0.3 is 5.32 Å². The zero-order valence-corrected chi connectivity index (χ0v) is 8.91. The van der Waals surface area contributed by atoms with Gasteiger partial charge in [0.05, 0.1) is 5.69 Å². The van der Waals surface area contributed by atoms with Gasteiger partial charge in [0.1, 0.15) is 0 Å². The highest BCUT2D eigenvalue weighted by Gasteiger charge is 1.90. The third-order valence-electron chi connectivity index (χ3n) is 2.05. The van der Waals surface area contributed by atoms with Gasteiger partial charge in [0.2, 0.25) is 0 Å². The van der Waals surface area contributed by atoms with Gasteiger partial charge in [0.25, 0.3) is 0 Å². The van der Waals surface area contributed by atoms with Gasteiger partial charge in [0.15, 0.2) is 0 Å². The average molecular weight is 188 g/mol. The Hall–Kier alpha value is -1.57. The number of aliphatic imine (C=N–C) groups is 1. The molecule has 0 spiro atoms. The van der Waals surface area contributed by atoms with Gasteiger partial charge in [0, 0.05) is 19.0 Å². The molecular weight excluding hydrogens is 172 g/mol. The highest BCUT2D eigenvalue weighted by atomic mass is 14.8. The largest absolute Gasteiger partial charge is 0.392 e. The molecule has 1 rings (SSSR count). The topological polar surface area (TPSA) is 24.4 Å². The molecule has 0 aliphatic rings. The lowest BCUT2D eigenvalue weighted by Crippen LogP contribution is -2.00. The Kier molecular flexibility index (Phi) is 3.92. The molecule has 2 heteroatoms. The summed E-state index contributed by atoms with van der Waals surface area (Å²) < 4.78 is 0. The molecule has 0 atom stereocenters. The molecule has 0 radical (unpaired) electrons. The molecule has 0 aliphatic heterocycles. The first-order valence-corrected chi connectivity index (χ1v) is 4.68. The van der Waals surface area contributed by atoms with Crippen molar-refractivity contribution in [1.82, 2.24) is 5.32 Å². The van der Waals surface area contributed by atoms with Crippen molar-refractivity contribution in [2.75, 3.05) is 7.05 Å². The van der Waals surface area contributed by atoms with Crippen molar-refractivity contribution in [3.05, 3.63) is 41.6 Å². The Morgan fingerprint density at radius 1 is 1.36 bits per heavy atom. The van der Waals surface area contributed by atoms with Crippen molar-refractivity contribution in [3.8, 4) is 0 Å². The van der Waals surface area contributed by atoms with E-state index < -0.39 is 0 Å². The predicted molar refractivity (Wildman–Crippen MR) is 62.1 cm³/mol. The van der Waals surface area contributed by atoms with Gasteiger partial charge in [-0.15, -0.1) is 0 Å². The van der Waals surface area contributed by atoms with Gasteiger partial charge in [-0.1, -0.05) is 18.2 Å². The average Bonchev–Trinajstić information content (AvgIpc) is 2.20. The van der Waals surface area contributed by atoms with E-state index in [-0.39, 0.29) is 0 Å². The Morgan fingerprint density at radius 2 is 2.07 bits per heavy atom. The lowest BCUT2D eigenvalue weighted by atomic mass is 10.2. The van der Waals surface area contributed by atoms with Crippen LogP contribution in [0.3, 0.4) is 0 Å². The first kappa shape index (κ1) is 10.5. The van der Waals surface area contributed by atoms with E-state index in [1.165, 1.54) is 5.56 Å². The molecule has 74 valence electrons. The van der Waals surface area contributed by atoms with Gasteiger partial charge >= 0.3 is 0 Å². The summed E-state index contributed by atoms with van der Waals surface area (Å²) in [6.45, 7) is 4.06. The molecule has 0 heterocycles. The second-order valence-electron chi connectivity index (χ2n) is 3.16. The summed E-state index contributed by atoms with van der Waals surface area (Å²) in [6, 6.07) is 8.08. The van der Waals surface area contributed by atoms with Crippen LogP contribution in [0.5, 0.6) is 0 Å². The second-order valence-corrected chi connectivity index (χ2v) is 3.16. The minimum absolute atomic E-state index is 1.02. The number of nitrogens with zero attached hydrogens (tertiary/aromatic N) is 1. The minimum Gasteiger partial charge on any atom is -0.392 e. The number of aryl methyl sites for hydroxylation is 1. The van der Waals surface area contributed by atoms with Crippen LogP contribution in [0, 0.1) is 6.92 Å². The molecule has 0 bridgehead atoms. The van der Waals surface area contributed by atoms with E-state index in [1.54, 1.807) is 0 Å². The highest BCUT2D eigenvalue weighted by molar-refractivity contribution is 5.75. The van der Waals surface area contributed by atoms with Gasteiger partial charge in [-0.05, 0) is 31.6 Å². The van der Waals surface area contributed by atoms with Crippen molar-refractivity contribution in [2.24, 2.45) is 4.99 Å². The first-order chi connectivity index (χ1) is 6.74. The van der Waals surface area contributed by atoms with Crippen molar-refractivity contribution in [2.45, 2.75) is 13.8 Å². The summed E-state index contributed by atoms with van der Waals surface area (Å²) in [7, 11) is 1.90. The lowest BCUT2D eigenvalue weighted by molar-refractivity contribution is 0.994. The molecule has 0 fully saturated rings. The van der Waals surface area contributed by atoms with Crippen LogP contribution in [0.1, 0.15) is 12.5 Å². The fourth-order valence-corrected chi connectivity index (χ4v) is 1.02. The van der Waals surface area contributed by atoms with E-state index in [0.29, 0.717) is 0 Å². The van der Waals surface area contributed by atoms with E-state index >= 15 is 0 Å². The van der Waals surface area contributed by atoms with Crippen LogP contribution in [-0.2, 0) is 0 Å². The summed E-state index contributed by atoms with van der Waals surface area (Å²) in [4.78, 5) is 4.35. The minimum atomic E-state index is 1.02. The standard InChI is InChI=1S/C12H16N2/c1-10-6-4-5-7-12(10)14-9-8-11(2)13-3/h4-9,13H,1-3H3. The molecule has 0 aliphatic carbocycles. The van der Waals surface area contributed by atoms with Crippen LogP contribution in [0.4, 0.5) is 5.69 Å². The summed E-state index contributed by atoms with van der Waals surface area (Å²) >= 11 is 0. The number of para-hydroxylation sites is 1. The molecule has 2 nitrogen and oxygen atoms in total. The number of rotatable bonds is 3. The second kappa shape index (κ2) is 5.22. The molecule has 0 saturated carbocycles. The Bertz CT molecular complexity index is 351. The fraction of sp³-hybridized carbons (Fsp3) is 0.250. The molecule has 0 aromatic heterocycles. The highest BCUT2D eigenvalue weighted by Crippen LogP contribution is 2.16. The maximum atomic E-state index is 4.35. The van der Waals surface area contributed by atoms with Gasteiger partial charge in [-0.25, -0.2) is 0 Å². The van der Waals surface area contributed by atoms with E-state index in [9.17, 15) is 0 Å². The van der Waals surface area contributed by atoms with Crippen molar-refractivity contribution in [3.63, 3.8) is 0 Å². The van der Waals surface area contributed by atoms with Crippen LogP contribution in [0.2, 0.25) is 0 Å². The quantitative estimate of drug-likeness (QED) is 0.725. The Labute approximate surface area is 85.4 Å². The predicted octanol–water partition coefficient (Wildman–Crippen LogP) is 2.82. The van der Waals surface area contributed by atoms with Gasteiger partial charge in [-0.2, -0.15) is 0 Å². The Morgan fingerprint density at radius 3 is 2.71 bits per heavy atom. The van der Waals surface area contributed by atoms with E-state index in [0.717, 1.165) is 11.4 Å². The summed E-state index contributed by atoms with van der Waals surface area (Å²) in [6.07, 6.45) is 3.76. The lowest BCUT2D eigenvalue weighted by Gasteiger charge is -1.97. The number of benzene rings is 1. The summed E-state index contributed by atoms with van der Waals surface area (Å²) in [5.41, 5.74) is 3.31. The van der Waals surface area contributed by atoms with Crippen LogP contribution in [0.15, 0.2) is 41.0 Å². The molecule has 0 saturated heterocycles. The zero-order chi connectivity index (χ0) is 10.4. The van der Waals surface area contributed by atoms with E-state index in [1.807, 2.05) is 44.5 Å². The number of nitrogens with one attached hydrogen (secondary N) is 1. The Balaban J connectivity index is 2.74. The molecule has 0 unspecified atom stereocenters. The molecule has 1 N–H and O–H groups in total. The SMILES string of the molecule is CNC(C)=CC=Nc1ccccc1C. The normalized spacial score (nSPS) is 12.1. The van der Waals surface area contributed by atoms with Crippen LogP contribution in [-0.4, -0.2) is 13.3 Å². The molecule has 1 aromatic rings. The maximum Gasteiger partial charge on any atom is 0.0658 e. The fourth-order valence-electron chi connectivity index (χ4n) is 1.02. The third-order valence-corrected chi connectivity index (χ3v) is 2.05. The van der Waals surface area contributed by atoms with Gasteiger partial charge in [-0.3, -0.25) is 4.99 Å². The number of hydrogen-bond acceptors (Lipinski definition) is 2. The molecule has 0 amide bonds. The summed E-state index contributed by atoms with van der Waals surface area (Å²) in [5, 5.41) is 3.04. The van der Waals surface area contributed by atoms with Crippen molar-refractivity contribution >= 4 is 11.9 Å². The van der Waals surface area contributed by atoms with Crippen LogP contribution in [0.25, 0.3) is 0 Å². The zero-order valence-electron chi connectivity index (χ0n) is 8.91. The molecular formula is C12H16N2. The first-order valence-electron chi connectivity index (χ1n) is 4.68. The number of allylic oxidation sites excluding steroid dienone is 2. The summed E-state index contributed by atoms with van der Waals surface area (Å²) in [5.74, 6) is 0. The molecule has 14 heavy (non-hydrogen) atoms. The van der Waals surface area contributed by atoms with Crippen LogP contribution < -0.4 is 5.32 Å². The van der Waals surface area contributed by atoms with E-state index in [4.69, 9.17) is 0 Å². The van der Waals surface area contributed by atoms with Crippen molar-refractivity contribution in [1.29, 1.82) is 0 Å². The smallest absolute Gasteiger partial charge is 0.0658 e. The van der Waals surface area contributed by atoms with Crippen molar-refractivity contribution < 1.29 is 0 Å². The van der Waals surface area contributed by atoms with Crippen LogP contribution >= 0.6 is 0 Å². The molecule has 1 aromatic carbocycles. The maximum absolute atomic E-state index is 4.35. The number of hydrogen-bond donors (Lipinski definition) is 1.